The fourth-order valence-electron chi connectivity index (χ4n) is 2.65. The lowest BCUT2D eigenvalue weighted by atomic mass is 10.2. The molecule has 1 heterocycles. The van der Waals surface area contributed by atoms with Gasteiger partial charge >= 0.3 is 0 Å². The maximum Gasteiger partial charge on any atom is 0.0406 e. The van der Waals surface area contributed by atoms with Gasteiger partial charge in [-0.15, -0.1) is 0 Å². The monoisotopic (exact) mass is 286 g/mol. The SMILES string of the molecule is Clc1ccc(CN2CCN(c3ccccc3)CC2)cc1. The second-order valence-electron chi connectivity index (χ2n) is 5.23. The maximum atomic E-state index is 5.92. The molecule has 0 atom stereocenters. The van der Waals surface area contributed by atoms with Gasteiger partial charge in [-0.3, -0.25) is 4.90 Å². The van der Waals surface area contributed by atoms with E-state index in [0.29, 0.717) is 0 Å². The van der Waals surface area contributed by atoms with Crippen molar-refractivity contribution in [2.24, 2.45) is 0 Å². The van der Waals surface area contributed by atoms with Crippen molar-refractivity contribution in [2.45, 2.75) is 6.54 Å². The van der Waals surface area contributed by atoms with Crippen LogP contribution in [0, 0.1) is 0 Å². The second-order valence-corrected chi connectivity index (χ2v) is 5.66. The van der Waals surface area contributed by atoms with Crippen LogP contribution in [0.4, 0.5) is 5.69 Å². The van der Waals surface area contributed by atoms with Crippen molar-refractivity contribution < 1.29 is 0 Å². The zero-order chi connectivity index (χ0) is 13.8. The minimum absolute atomic E-state index is 0.808. The van der Waals surface area contributed by atoms with Crippen LogP contribution in [0.1, 0.15) is 5.56 Å². The molecule has 2 nitrogen and oxygen atoms in total. The normalized spacial score (nSPS) is 16.4. The Morgan fingerprint density at radius 3 is 2.10 bits per heavy atom. The molecular formula is C17H19ClN2. The summed E-state index contributed by atoms with van der Waals surface area (Å²) in [5.74, 6) is 0. The molecule has 104 valence electrons. The highest BCUT2D eigenvalue weighted by Gasteiger charge is 2.16. The Morgan fingerprint density at radius 1 is 0.800 bits per heavy atom. The zero-order valence-corrected chi connectivity index (χ0v) is 12.3. The smallest absolute Gasteiger partial charge is 0.0406 e. The number of rotatable bonds is 3. The molecule has 1 aliphatic heterocycles. The average molecular weight is 287 g/mol. The number of anilines is 1. The molecule has 1 saturated heterocycles. The van der Waals surface area contributed by atoms with Crippen LogP contribution in [0.5, 0.6) is 0 Å². The van der Waals surface area contributed by atoms with E-state index in [4.69, 9.17) is 11.6 Å². The van der Waals surface area contributed by atoms with E-state index in [9.17, 15) is 0 Å². The fourth-order valence-corrected chi connectivity index (χ4v) is 2.78. The van der Waals surface area contributed by atoms with Crippen LogP contribution in [0.15, 0.2) is 54.6 Å². The second kappa shape index (κ2) is 6.29. The maximum absolute atomic E-state index is 5.92. The summed E-state index contributed by atoms with van der Waals surface area (Å²) >= 11 is 5.92. The molecule has 3 rings (SSSR count). The van der Waals surface area contributed by atoms with Gasteiger partial charge in [-0.1, -0.05) is 41.9 Å². The lowest BCUT2D eigenvalue weighted by Crippen LogP contribution is -2.45. The molecule has 3 heteroatoms. The van der Waals surface area contributed by atoms with Crippen LogP contribution in [0.3, 0.4) is 0 Å². The first-order chi connectivity index (χ1) is 9.81. The molecule has 20 heavy (non-hydrogen) atoms. The van der Waals surface area contributed by atoms with Crippen LogP contribution >= 0.6 is 11.6 Å². The van der Waals surface area contributed by atoms with Crippen LogP contribution < -0.4 is 4.90 Å². The average Bonchev–Trinajstić information content (AvgIpc) is 2.51. The molecule has 0 unspecified atom stereocenters. The Morgan fingerprint density at radius 2 is 1.45 bits per heavy atom. The van der Waals surface area contributed by atoms with Gasteiger partial charge in [-0.2, -0.15) is 0 Å². The molecule has 2 aromatic carbocycles. The minimum Gasteiger partial charge on any atom is -0.369 e. The van der Waals surface area contributed by atoms with E-state index >= 15 is 0 Å². The zero-order valence-electron chi connectivity index (χ0n) is 11.5. The third-order valence-electron chi connectivity index (χ3n) is 3.81. The van der Waals surface area contributed by atoms with Crippen molar-refractivity contribution in [1.82, 2.24) is 4.90 Å². The summed E-state index contributed by atoms with van der Waals surface area (Å²) in [5, 5.41) is 0.808. The predicted molar refractivity (Wildman–Crippen MR) is 85.4 cm³/mol. The third kappa shape index (κ3) is 3.33. The summed E-state index contributed by atoms with van der Waals surface area (Å²) in [6, 6.07) is 18.8. The highest BCUT2D eigenvalue weighted by atomic mass is 35.5. The van der Waals surface area contributed by atoms with Crippen molar-refractivity contribution in [3.8, 4) is 0 Å². The molecule has 0 aliphatic carbocycles. The van der Waals surface area contributed by atoms with Crippen molar-refractivity contribution in [2.75, 3.05) is 31.1 Å². The van der Waals surface area contributed by atoms with Crippen molar-refractivity contribution in [1.29, 1.82) is 0 Å². The highest BCUT2D eigenvalue weighted by molar-refractivity contribution is 6.30. The molecule has 0 N–H and O–H groups in total. The van der Waals surface area contributed by atoms with Gasteiger partial charge in [0.1, 0.15) is 0 Å². The first-order valence-corrected chi connectivity index (χ1v) is 7.46. The fraction of sp³-hybridized carbons (Fsp3) is 0.294. The van der Waals surface area contributed by atoms with Gasteiger partial charge in [-0.25, -0.2) is 0 Å². The lowest BCUT2D eigenvalue weighted by Gasteiger charge is -2.36. The Kier molecular flexibility index (Phi) is 4.24. The molecule has 0 amide bonds. The lowest BCUT2D eigenvalue weighted by molar-refractivity contribution is 0.250. The number of nitrogens with zero attached hydrogens (tertiary/aromatic N) is 2. The first-order valence-electron chi connectivity index (χ1n) is 7.08. The van der Waals surface area contributed by atoms with Gasteiger partial charge in [0.2, 0.25) is 0 Å². The Hall–Kier alpha value is -1.51. The number of benzene rings is 2. The molecule has 0 radical (unpaired) electrons. The van der Waals surface area contributed by atoms with E-state index in [2.05, 4.69) is 52.3 Å². The summed E-state index contributed by atoms with van der Waals surface area (Å²) in [6.07, 6.45) is 0. The Labute approximate surface area is 125 Å². The van der Waals surface area contributed by atoms with Crippen molar-refractivity contribution in [3.63, 3.8) is 0 Å². The molecule has 0 bridgehead atoms. The van der Waals surface area contributed by atoms with E-state index in [0.717, 1.165) is 37.7 Å². The van der Waals surface area contributed by atoms with Gasteiger partial charge in [-0.05, 0) is 29.8 Å². The molecule has 0 spiro atoms. The van der Waals surface area contributed by atoms with Gasteiger partial charge in [0.05, 0.1) is 0 Å². The third-order valence-corrected chi connectivity index (χ3v) is 4.07. The van der Waals surface area contributed by atoms with E-state index in [1.54, 1.807) is 0 Å². The Bertz CT molecular complexity index is 531. The van der Waals surface area contributed by atoms with Gasteiger partial charge in [0.25, 0.3) is 0 Å². The van der Waals surface area contributed by atoms with E-state index in [-0.39, 0.29) is 0 Å². The number of halogens is 1. The summed E-state index contributed by atoms with van der Waals surface area (Å²) in [7, 11) is 0. The largest absolute Gasteiger partial charge is 0.369 e. The number of para-hydroxylation sites is 1. The first kappa shape index (κ1) is 13.5. The van der Waals surface area contributed by atoms with Crippen molar-refractivity contribution >= 4 is 17.3 Å². The molecule has 2 aromatic rings. The molecule has 1 fully saturated rings. The summed E-state index contributed by atoms with van der Waals surface area (Å²) in [4.78, 5) is 4.96. The van der Waals surface area contributed by atoms with Crippen LogP contribution in [-0.4, -0.2) is 31.1 Å². The van der Waals surface area contributed by atoms with E-state index < -0.39 is 0 Å². The quantitative estimate of drug-likeness (QED) is 0.850. The van der Waals surface area contributed by atoms with Gasteiger partial charge < -0.3 is 4.90 Å². The summed E-state index contributed by atoms with van der Waals surface area (Å²) in [6.45, 7) is 5.42. The van der Waals surface area contributed by atoms with Gasteiger partial charge in [0, 0.05) is 43.4 Å². The summed E-state index contributed by atoms with van der Waals surface area (Å²) in [5.41, 5.74) is 2.67. The van der Waals surface area contributed by atoms with E-state index in [1.807, 2.05) is 12.1 Å². The van der Waals surface area contributed by atoms with Crippen LogP contribution in [0.25, 0.3) is 0 Å². The predicted octanol–water partition coefficient (Wildman–Crippen LogP) is 3.66. The van der Waals surface area contributed by atoms with E-state index in [1.165, 1.54) is 11.3 Å². The van der Waals surface area contributed by atoms with Crippen molar-refractivity contribution in [3.05, 3.63) is 65.2 Å². The Balaban J connectivity index is 1.55. The molecule has 0 saturated carbocycles. The van der Waals surface area contributed by atoms with Crippen LogP contribution in [-0.2, 0) is 6.54 Å². The van der Waals surface area contributed by atoms with Gasteiger partial charge in [0.15, 0.2) is 0 Å². The number of piperazine rings is 1. The molecular weight excluding hydrogens is 268 g/mol. The number of hydrogen-bond donors (Lipinski definition) is 0. The topological polar surface area (TPSA) is 6.48 Å². The number of hydrogen-bond acceptors (Lipinski definition) is 2. The van der Waals surface area contributed by atoms with Crippen LogP contribution in [0.2, 0.25) is 5.02 Å². The minimum atomic E-state index is 0.808. The molecule has 0 aromatic heterocycles. The summed E-state index contributed by atoms with van der Waals surface area (Å²) < 4.78 is 0. The standard InChI is InChI=1S/C17H19ClN2/c18-16-8-6-15(7-9-16)14-19-10-12-20(13-11-19)17-4-2-1-3-5-17/h1-9H,10-14H2. The molecule has 1 aliphatic rings. The highest BCUT2D eigenvalue weighted by Crippen LogP contribution is 2.17.